The summed E-state index contributed by atoms with van der Waals surface area (Å²) in [6.07, 6.45) is 12.1. The molecule has 1 saturated heterocycles. The van der Waals surface area contributed by atoms with Gasteiger partial charge in [-0.2, -0.15) is 0 Å². The van der Waals surface area contributed by atoms with Gasteiger partial charge in [-0.3, -0.25) is 14.4 Å². The fourth-order valence-electron chi connectivity index (χ4n) is 15.0. The number of nitrogens with zero attached hydrogens (tertiary/aromatic N) is 1. The monoisotopic (exact) mass is 853 g/mol. The summed E-state index contributed by atoms with van der Waals surface area (Å²) in [4.78, 5) is 46.6. The number of hydrogen-bond acceptors (Lipinski definition) is 8. The van der Waals surface area contributed by atoms with Gasteiger partial charge in [0, 0.05) is 51.0 Å². The number of allylic oxidation sites excluding steroid dienone is 4. The number of hydrogen-bond donors (Lipinski definition) is 2. The number of fused-ring (bicyclic) bond motifs is 3. The number of benzene rings is 3. The smallest absolute Gasteiger partial charge is 0.313 e. The normalized spacial score (nSPS) is 38.8. The van der Waals surface area contributed by atoms with Crippen molar-refractivity contribution in [3.63, 3.8) is 0 Å². The molecule has 8 aliphatic rings. The fourth-order valence-corrected chi connectivity index (χ4v) is 15.0. The minimum absolute atomic E-state index is 0.00190. The van der Waals surface area contributed by atoms with Crippen molar-refractivity contribution in [1.29, 1.82) is 0 Å². The van der Waals surface area contributed by atoms with Crippen LogP contribution in [0.3, 0.4) is 0 Å². The Balaban J connectivity index is 1.08. The second kappa shape index (κ2) is 13.9. The van der Waals surface area contributed by atoms with Gasteiger partial charge in [-0.25, -0.2) is 0 Å². The summed E-state index contributed by atoms with van der Waals surface area (Å²) >= 11 is 0. The van der Waals surface area contributed by atoms with Gasteiger partial charge in [-0.1, -0.05) is 101 Å². The molecule has 4 bridgehead atoms. The Morgan fingerprint density at radius 2 is 1.51 bits per heavy atom. The number of carbonyl (C=O) groups excluding carboxylic acids is 3. The molecule has 1 heterocycles. The lowest BCUT2D eigenvalue weighted by atomic mass is 9.32. The van der Waals surface area contributed by atoms with Crippen LogP contribution in [0.2, 0.25) is 0 Å². The molecule has 9 nitrogen and oxygen atoms in total. The van der Waals surface area contributed by atoms with Gasteiger partial charge < -0.3 is 29.3 Å². The molecule has 0 radical (unpaired) electrons. The number of Topliss-reactive ketones (excluding diaryl/α,β-unsaturated/α-hetero) is 1. The van der Waals surface area contributed by atoms with Crippen LogP contribution in [-0.4, -0.2) is 70.8 Å². The lowest BCUT2D eigenvalue weighted by Gasteiger charge is -2.71. The Morgan fingerprint density at radius 1 is 0.810 bits per heavy atom. The summed E-state index contributed by atoms with van der Waals surface area (Å²) in [6, 6.07) is 23.5. The molecular weight excluding hydrogens is 791 g/mol. The lowest BCUT2D eigenvalue weighted by molar-refractivity contribution is -0.187. The summed E-state index contributed by atoms with van der Waals surface area (Å²) < 4.78 is 17.6. The van der Waals surface area contributed by atoms with E-state index in [0.29, 0.717) is 62.0 Å². The van der Waals surface area contributed by atoms with E-state index in [0.717, 1.165) is 35.1 Å². The van der Waals surface area contributed by atoms with Gasteiger partial charge in [-0.15, -0.1) is 0 Å². The second-order valence-corrected chi connectivity index (χ2v) is 21.6. The minimum atomic E-state index is -1.39. The maximum Gasteiger partial charge on any atom is 0.313 e. The van der Waals surface area contributed by atoms with Crippen LogP contribution in [0.4, 0.5) is 0 Å². The van der Waals surface area contributed by atoms with Crippen LogP contribution in [0.25, 0.3) is 11.1 Å². The molecular formula is C54H63NO8. The van der Waals surface area contributed by atoms with E-state index in [-0.39, 0.29) is 48.0 Å². The van der Waals surface area contributed by atoms with Gasteiger partial charge in [0.05, 0.1) is 37.9 Å². The van der Waals surface area contributed by atoms with Crippen molar-refractivity contribution in [3.8, 4) is 22.6 Å². The second-order valence-electron chi connectivity index (χ2n) is 21.6. The van der Waals surface area contributed by atoms with Gasteiger partial charge in [0.1, 0.15) is 11.5 Å². The Hall–Kier alpha value is -4.73. The molecule has 0 aromatic heterocycles. The molecule has 5 fully saturated rings. The molecule has 2 spiro atoms. The predicted octanol–water partition coefficient (Wildman–Crippen LogP) is 9.30. The van der Waals surface area contributed by atoms with Crippen LogP contribution in [0.15, 0.2) is 96.6 Å². The van der Waals surface area contributed by atoms with Gasteiger partial charge in [0.2, 0.25) is 0 Å². The van der Waals surface area contributed by atoms with E-state index in [1.54, 1.807) is 25.2 Å². The van der Waals surface area contributed by atoms with Gasteiger partial charge in [0.25, 0.3) is 5.91 Å². The molecule has 3 aromatic rings. The number of methoxy groups -OCH3 is 2. The number of carbonyl (C=O) groups is 3. The first-order chi connectivity index (χ1) is 29.9. The van der Waals surface area contributed by atoms with Crippen molar-refractivity contribution in [2.24, 2.45) is 44.3 Å². The van der Waals surface area contributed by atoms with E-state index >= 15 is 9.59 Å². The molecule has 63 heavy (non-hydrogen) atoms. The van der Waals surface area contributed by atoms with Crippen LogP contribution in [0.5, 0.6) is 11.5 Å². The van der Waals surface area contributed by atoms with Gasteiger partial charge >= 0.3 is 5.97 Å². The van der Waals surface area contributed by atoms with Crippen molar-refractivity contribution in [1.82, 2.24) is 4.90 Å². The van der Waals surface area contributed by atoms with Crippen LogP contribution in [0, 0.1) is 44.3 Å². The van der Waals surface area contributed by atoms with E-state index in [9.17, 15) is 15.0 Å². The van der Waals surface area contributed by atoms with E-state index in [2.05, 4.69) is 32.1 Å². The Labute approximate surface area is 371 Å². The average Bonchev–Trinajstić information content (AvgIpc) is 3.73. The summed E-state index contributed by atoms with van der Waals surface area (Å²) in [5.41, 5.74) is -2.42. The van der Waals surface area contributed by atoms with Crippen LogP contribution < -0.4 is 9.47 Å². The number of rotatable bonds is 10. The first-order valence-electron chi connectivity index (χ1n) is 23.2. The van der Waals surface area contributed by atoms with Crippen LogP contribution in [0.1, 0.15) is 108 Å². The first kappa shape index (κ1) is 42.2. The van der Waals surface area contributed by atoms with Crippen molar-refractivity contribution < 1.29 is 38.8 Å². The topological polar surface area (TPSA) is 123 Å². The maximum atomic E-state index is 15.7. The first-order valence-corrected chi connectivity index (χ1v) is 23.2. The summed E-state index contributed by atoms with van der Waals surface area (Å²) in [5, 5.41) is 24.9. The number of amides is 1. The number of esters is 1. The Kier molecular flexibility index (Phi) is 9.31. The highest BCUT2D eigenvalue weighted by atomic mass is 16.6. The molecule has 11 rings (SSSR count). The molecule has 3 aromatic carbocycles. The quantitative estimate of drug-likeness (QED) is 0.118. The highest BCUT2D eigenvalue weighted by Gasteiger charge is 2.78. The zero-order chi connectivity index (χ0) is 44.6. The lowest BCUT2D eigenvalue weighted by Crippen LogP contribution is -2.67. The summed E-state index contributed by atoms with van der Waals surface area (Å²) in [5.74, 6) is 0.498. The largest absolute Gasteiger partial charge is 0.497 e. The predicted molar refractivity (Wildman–Crippen MR) is 240 cm³/mol. The molecule has 2 N–H and O–H groups in total. The Morgan fingerprint density at radius 3 is 2.21 bits per heavy atom. The van der Waals surface area contributed by atoms with Gasteiger partial charge in [0.15, 0.2) is 11.4 Å². The molecule has 4 saturated carbocycles. The Bertz CT molecular complexity index is 2480. The third-order valence-corrected chi connectivity index (χ3v) is 19.2. The molecule has 10 unspecified atom stereocenters. The summed E-state index contributed by atoms with van der Waals surface area (Å²) in [6.45, 7) is 10.6. The number of ether oxygens (including phenoxy) is 3. The van der Waals surface area contributed by atoms with Gasteiger partial charge in [-0.05, 0) is 105 Å². The van der Waals surface area contributed by atoms with Crippen molar-refractivity contribution in [3.05, 3.63) is 108 Å². The molecule has 332 valence electrons. The third kappa shape index (κ3) is 5.32. The average molecular weight is 854 g/mol. The minimum Gasteiger partial charge on any atom is -0.497 e. The zero-order valence-electron chi connectivity index (χ0n) is 38.0. The highest BCUT2D eigenvalue weighted by molar-refractivity contribution is 6.14. The van der Waals surface area contributed by atoms with Crippen molar-refractivity contribution in [2.45, 2.75) is 116 Å². The molecule has 1 aliphatic heterocycles. The maximum absolute atomic E-state index is 15.7. The van der Waals surface area contributed by atoms with Crippen LogP contribution >= 0.6 is 0 Å². The summed E-state index contributed by atoms with van der Waals surface area (Å²) in [7, 11) is 3.19. The molecule has 1 amide bonds. The molecule has 7 aliphatic carbocycles. The highest BCUT2D eigenvalue weighted by Crippen LogP contribution is 2.78. The zero-order valence-corrected chi connectivity index (χ0v) is 38.0. The van der Waals surface area contributed by atoms with Crippen LogP contribution in [-0.2, 0) is 20.9 Å². The SMILES string of the molecule is COc1ccc(CN(CC2(O)CCC3C45C=CC6(C=C4C(=O)c4ccccc4-c4ccccc4)CC(O)CCC6(C)C5CCC32C)C(=O)C23CCC(C)(C(=O)O2)C3(C)C)c(OC)c1. The van der Waals surface area contributed by atoms with E-state index in [4.69, 9.17) is 14.2 Å². The fraction of sp³-hybridized carbons (Fsp3) is 0.537. The van der Waals surface area contributed by atoms with Crippen molar-refractivity contribution in [2.75, 3.05) is 20.8 Å². The third-order valence-electron chi connectivity index (χ3n) is 19.2. The van der Waals surface area contributed by atoms with E-state index < -0.39 is 44.4 Å². The number of aliphatic hydroxyl groups excluding tert-OH is 1. The number of ketones is 1. The molecule has 9 heteroatoms. The van der Waals surface area contributed by atoms with Crippen molar-refractivity contribution >= 4 is 17.7 Å². The number of aliphatic hydroxyl groups is 2. The molecule has 10 atom stereocenters. The van der Waals surface area contributed by atoms with E-state index in [1.807, 2.05) is 87.5 Å². The van der Waals surface area contributed by atoms with E-state index in [1.165, 1.54) is 0 Å². The standard InChI is InChI=1S/C54H63NO8/c1-47(2)50(5)25-28-54(47,63-46(50)59)45(58)55(32-35-17-18-37(61-6)29-41(35)62-7)33-52(60)24-21-43-49(52,4)23-20-42-48(3)22-19-36(56)30-51(48)26-27-53(42,43)40(31-51)44(57)39-16-12-11-15-38(39)34-13-9-8-10-14-34/h8-18,26-27,29,31,36,42-43,56,60H,19-25,28,30,32-33H2,1-7H3.